The fraction of sp³-hybridized carbons (Fsp3) is 0.697. The summed E-state index contributed by atoms with van der Waals surface area (Å²) in [5.41, 5.74) is 0. The van der Waals surface area contributed by atoms with Crippen LogP contribution < -0.4 is 0 Å². The van der Waals surface area contributed by atoms with Crippen LogP contribution in [0.2, 0.25) is 0 Å². The number of rotatable bonds is 26. The van der Waals surface area contributed by atoms with E-state index in [9.17, 15) is 19.8 Å². The fourth-order valence-corrected chi connectivity index (χ4v) is 3.83. The number of carbonyl (C=O) groups is 2. The number of ether oxygens (including phenoxy) is 2. The topological polar surface area (TPSA) is 93.1 Å². The van der Waals surface area contributed by atoms with Crippen LogP contribution in [-0.2, 0) is 19.1 Å². The van der Waals surface area contributed by atoms with Crippen molar-refractivity contribution < 1.29 is 29.3 Å². The number of aliphatic hydroxyl groups is 2. The summed E-state index contributed by atoms with van der Waals surface area (Å²) in [6, 6.07) is 0. The normalized spacial score (nSPS) is 13.6. The van der Waals surface area contributed by atoms with Gasteiger partial charge in [-0.05, 0) is 44.9 Å². The quantitative estimate of drug-likeness (QED) is 0.0498. The van der Waals surface area contributed by atoms with Crippen LogP contribution in [-0.4, -0.2) is 47.6 Å². The van der Waals surface area contributed by atoms with E-state index in [0.29, 0.717) is 19.3 Å². The van der Waals surface area contributed by atoms with Crippen molar-refractivity contribution in [3.05, 3.63) is 48.6 Å². The highest BCUT2D eigenvalue weighted by molar-refractivity contribution is 5.70. The summed E-state index contributed by atoms with van der Waals surface area (Å²) in [6.07, 6.45) is 30.7. The molecular weight excluding hydrogens is 492 g/mol. The van der Waals surface area contributed by atoms with Crippen LogP contribution in [0.3, 0.4) is 0 Å². The highest BCUT2D eigenvalue weighted by Crippen LogP contribution is 2.10. The molecule has 0 rings (SSSR count). The minimum absolute atomic E-state index is 0.155. The lowest BCUT2D eigenvalue weighted by Crippen LogP contribution is -2.28. The van der Waals surface area contributed by atoms with Crippen molar-refractivity contribution in [2.75, 3.05) is 13.2 Å². The predicted molar refractivity (Wildman–Crippen MR) is 160 cm³/mol. The van der Waals surface area contributed by atoms with Gasteiger partial charge < -0.3 is 19.7 Å². The summed E-state index contributed by atoms with van der Waals surface area (Å²) in [5.74, 6) is -0.806. The first kappa shape index (κ1) is 36.8. The van der Waals surface area contributed by atoms with Crippen LogP contribution in [0.25, 0.3) is 0 Å². The zero-order chi connectivity index (χ0) is 28.8. The van der Waals surface area contributed by atoms with Crippen molar-refractivity contribution in [2.45, 2.75) is 135 Å². The summed E-state index contributed by atoms with van der Waals surface area (Å²) in [6.45, 7) is 3.85. The van der Waals surface area contributed by atoms with Gasteiger partial charge in [0.15, 0.2) is 6.10 Å². The van der Waals surface area contributed by atoms with Gasteiger partial charge in [0.1, 0.15) is 6.61 Å². The second-order valence-electron chi connectivity index (χ2n) is 10.0. The van der Waals surface area contributed by atoms with E-state index in [1.165, 1.54) is 44.9 Å². The van der Waals surface area contributed by atoms with Crippen molar-refractivity contribution in [3.63, 3.8) is 0 Å². The number of allylic oxidation sites excluding steroid dienone is 7. The summed E-state index contributed by atoms with van der Waals surface area (Å²) in [7, 11) is 0. The van der Waals surface area contributed by atoms with Crippen molar-refractivity contribution in [3.8, 4) is 0 Å². The van der Waals surface area contributed by atoms with Crippen LogP contribution in [0, 0.1) is 0 Å². The number of hydrogen-bond donors (Lipinski definition) is 2. The van der Waals surface area contributed by atoms with Crippen molar-refractivity contribution in [1.29, 1.82) is 0 Å². The molecule has 6 nitrogen and oxygen atoms in total. The Morgan fingerprint density at radius 1 is 0.718 bits per heavy atom. The molecule has 0 bridgehead atoms. The standard InChI is InChI=1S/C33H56O6/c1-3-5-7-9-11-12-13-14-15-16-18-19-21-24-30(35)25-23-27-32(36)38-29-31(28-34)39-33(37)26-22-20-17-10-8-6-4-2/h11-12,14-15,18-19,21,24,30-31,34-35H,3-10,13,16-17,20,22-23,25-29H2,1-2H3/b12-11-,15-14-,19-18-,24-21+/t30-,31+/m1/s1. The molecule has 0 aliphatic heterocycles. The van der Waals surface area contributed by atoms with Gasteiger partial charge in [0.25, 0.3) is 0 Å². The maximum atomic E-state index is 12.0. The second-order valence-corrected chi connectivity index (χ2v) is 10.0. The molecule has 0 saturated carbocycles. The van der Waals surface area contributed by atoms with Crippen LogP contribution in [0.4, 0.5) is 0 Å². The Morgan fingerprint density at radius 2 is 1.33 bits per heavy atom. The zero-order valence-corrected chi connectivity index (χ0v) is 24.7. The summed E-state index contributed by atoms with van der Waals surface area (Å²) in [4.78, 5) is 23.9. The lowest BCUT2D eigenvalue weighted by Gasteiger charge is -2.16. The molecule has 0 aliphatic rings. The zero-order valence-electron chi connectivity index (χ0n) is 24.7. The third kappa shape index (κ3) is 27.2. The minimum atomic E-state index is -0.840. The highest BCUT2D eigenvalue weighted by atomic mass is 16.6. The molecule has 0 aromatic heterocycles. The van der Waals surface area contributed by atoms with E-state index in [1.807, 2.05) is 18.2 Å². The molecule has 2 N–H and O–H groups in total. The van der Waals surface area contributed by atoms with E-state index in [1.54, 1.807) is 6.08 Å². The van der Waals surface area contributed by atoms with Crippen molar-refractivity contribution in [1.82, 2.24) is 0 Å². The highest BCUT2D eigenvalue weighted by Gasteiger charge is 2.16. The lowest BCUT2D eigenvalue weighted by atomic mass is 10.1. The van der Waals surface area contributed by atoms with E-state index in [2.05, 4.69) is 38.2 Å². The van der Waals surface area contributed by atoms with Crippen LogP contribution in [0.1, 0.15) is 123 Å². The Bertz CT molecular complexity index is 694. The summed E-state index contributed by atoms with van der Waals surface area (Å²) >= 11 is 0. The molecule has 0 aromatic rings. The molecule has 0 spiro atoms. The Hall–Kier alpha value is -2.18. The van der Waals surface area contributed by atoms with E-state index in [-0.39, 0.29) is 25.6 Å². The molecule has 0 saturated heterocycles. The average molecular weight is 549 g/mol. The SMILES string of the molecule is CCCCC/C=C\C/C=C\C/C=C\C=C\[C@@H](O)CCCC(=O)OC[C@H](CO)OC(=O)CCCCCCCCC. The maximum Gasteiger partial charge on any atom is 0.306 e. The molecule has 0 heterocycles. The number of esters is 2. The molecule has 2 atom stereocenters. The van der Waals surface area contributed by atoms with Gasteiger partial charge in [0.05, 0.1) is 12.7 Å². The predicted octanol–water partition coefficient (Wildman–Crippen LogP) is 7.69. The molecular formula is C33H56O6. The van der Waals surface area contributed by atoms with Gasteiger partial charge in [0.2, 0.25) is 0 Å². The molecule has 0 aromatic carbocycles. The Balaban J connectivity index is 3.87. The Kier molecular flexibility index (Phi) is 27.2. The number of hydrogen-bond acceptors (Lipinski definition) is 6. The van der Waals surface area contributed by atoms with Crippen LogP contribution in [0.5, 0.6) is 0 Å². The Labute approximate surface area is 238 Å². The monoisotopic (exact) mass is 548 g/mol. The van der Waals surface area contributed by atoms with E-state index >= 15 is 0 Å². The third-order valence-electron chi connectivity index (χ3n) is 6.23. The lowest BCUT2D eigenvalue weighted by molar-refractivity contribution is -0.161. The molecule has 0 fully saturated rings. The summed E-state index contributed by atoms with van der Waals surface area (Å²) < 4.78 is 10.4. The molecule has 0 aliphatic carbocycles. The van der Waals surface area contributed by atoms with Crippen molar-refractivity contribution in [2.24, 2.45) is 0 Å². The van der Waals surface area contributed by atoms with Gasteiger partial charge in [0, 0.05) is 12.8 Å². The number of carbonyl (C=O) groups excluding carboxylic acids is 2. The van der Waals surface area contributed by atoms with Crippen LogP contribution in [0.15, 0.2) is 48.6 Å². The van der Waals surface area contributed by atoms with E-state index < -0.39 is 18.2 Å². The maximum absolute atomic E-state index is 12.0. The molecule has 0 radical (unpaired) electrons. The van der Waals surface area contributed by atoms with Crippen LogP contribution >= 0.6 is 0 Å². The van der Waals surface area contributed by atoms with Gasteiger partial charge in [-0.1, -0.05) is 114 Å². The van der Waals surface area contributed by atoms with Gasteiger partial charge in [-0.3, -0.25) is 9.59 Å². The third-order valence-corrected chi connectivity index (χ3v) is 6.23. The Morgan fingerprint density at radius 3 is 2.05 bits per heavy atom. The fourth-order valence-electron chi connectivity index (χ4n) is 3.83. The smallest absolute Gasteiger partial charge is 0.306 e. The van der Waals surface area contributed by atoms with Gasteiger partial charge in [-0.25, -0.2) is 0 Å². The molecule has 6 heteroatoms. The molecule has 39 heavy (non-hydrogen) atoms. The summed E-state index contributed by atoms with van der Waals surface area (Å²) in [5, 5.41) is 19.5. The number of aliphatic hydroxyl groups excluding tert-OH is 2. The first-order valence-corrected chi connectivity index (χ1v) is 15.3. The second kappa shape index (κ2) is 28.8. The van der Waals surface area contributed by atoms with Gasteiger partial charge in [-0.2, -0.15) is 0 Å². The number of unbranched alkanes of at least 4 members (excludes halogenated alkanes) is 9. The minimum Gasteiger partial charge on any atom is -0.462 e. The van der Waals surface area contributed by atoms with Gasteiger partial charge in [-0.15, -0.1) is 0 Å². The molecule has 224 valence electrons. The van der Waals surface area contributed by atoms with E-state index in [0.717, 1.165) is 38.5 Å². The molecule has 0 unspecified atom stereocenters. The molecule has 0 amide bonds. The first-order valence-electron chi connectivity index (χ1n) is 15.3. The van der Waals surface area contributed by atoms with E-state index in [4.69, 9.17) is 9.47 Å². The van der Waals surface area contributed by atoms with Crippen molar-refractivity contribution >= 4 is 11.9 Å². The first-order chi connectivity index (χ1) is 19.0. The van der Waals surface area contributed by atoms with Gasteiger partial charge >= 0.3 is 11.9 Å². The largest absolute Gasteiger partial charge is 0.462 e. The average Bonchev–Trinajstić information content (AvgIpc) is 2.93.